The van der Waals surface area contributed by atoms with Gasteiger partial charge >= 0.3 is 0 Å². The molecule has 0 saturated carbocycles. The topological polar surface area (TPSA) is 59.6 Å². The zero-order valence-corrected chi connectivity index (χ0v) is 17.6. The highest BCUT2D eigenvalue weighted by atomic mass is 16.5. The minimum Gasteiger partial charge on any atom is -0.497 e. The van der Waals surface area contributed by atoms with Crippen LogP contribution in [0.25, 0.3) is 0 Å². The van der Waals surface area contributed by atoms with Crippen molar-refractivity contribution in [2.24, 2.45) is 11.8 Å². The van der Waals surface area contributed by atoms with Gasteiger partial charge in [-0.05, 0) is 73.2 Å². The minimum atomic E-state index is -0.260. The number of carbonyl (C=O) groups is 1. The molecular formula is C24H32N2O3. The molecule has 0 aliphatic carbocycles. The molecule has 0 aromatic heterocycles. The Labute approximate surface area is 173 Å². The van der Waals surface area contributed by atoms with Crippen molar-refractivity contribution in [1.82, 2.24) is 10.6 Å². The van der Waals surface area contributed by atoms with Crippen LogP contribution in [-0.4, -0.2) is 33.2 Å². The van der Waals surface area contributed by atoms with Crippen LogP contribution < -0.4 is 20.1 Å². The van der Waals surface area contributed by atoms with Crippen LogP contribution in [-0.2, 0) is 4.79 Å². The lowest BCUT2D eigenvalue weighted by Crippen LogP contribution is -2.36. The van der Waals surface area contributed by atoms with Crippen LogP contribution in [0.4, 0.5) is 0 Å². The number of ether oxygens (including phenoxy) is 2. The molecule has 156 valence electrons. The number of methoxy groups -OCH3 is 2. The fourth-order valence-electron chi connectivity index (χ4n) is 4.04. The summed E-state index contributed by atoms with van der Waals surface area (Å²) in [7, 11) is 3.30. The van der Waals surface area contributed by atoms with Crippen molar-refractivity contribution in [3.63, 3.8) is 0 Å². The number of hydrogen-bond donors (Lipinski definition) is 2. The number of amides is 1. The molecular weight excluding hydrogens is 364 g/mol. The first-order valence-electron chi connectivity index (χ1n) is 10.4. The average molecular weight is 397 g/mol. The second-order valence-corrected chi connectivity index (χ2v) is 7.84. The van der Waals surface area contributed by atoms with Crippen LogP contribution in [0.3, 0.4) is 0 Å². The normalized spacial score (nSPS) is 17.6. The van der Waals surface area contributed by atoms with Crippen molar-refractivity contribution < 1.29 is 14.3 Å². The van der Waals surface area contributed by atoms with Gasteiger partial charge in [-0.15, -0.1) is 0 Å². The monoisotopic (exact) mass is 396 g/mol. The zero-order chi connectivity index (χ0) is 20.6. The van der Waals surface area contributed by atoms with E-state index in [1.54, 1.807) is 14.2 Å². The van der Waals surface area contributed by atoms with Gasteiger partial charge in [-0.3, -0.25) is 4.79 Å². The molecule has 1 aliphatic rings. The van der Waals surface area contributed by atoms with E-state index in [4.69, 9.17) is 9.47 Å². The number of carbonyl (C=O) groups excluding carboxylic acids is 1. The van der Waals surface area contributed by atoms with Gasteiger partial charge in [-0.2, -0.15) is 0 Å². The fourth-order valence-corrected chi connectivity index (χ4v) is 4.04. The predicted octanol–water partition coefficient (Wildman–Crippen LogP) is 3.94. The van der Waals surface area contributed by atoms with Crippen LogP contribution >= 0.6 is 0 Å². The van der Waals surface area contributed by atoms with Gasteiger partial charge in [-0.1, -0.05) is 31.2 Å². The molecule has 29 heavy (non-hydrogen) atoms. The average Bonchev–Trinajstić information content (AvgIpc) is 2.78. The number of hydrogen-bond acceptors (Lipinski definition) is 4. The first-order valence-corrected chi connectivity index (χ1v) is 10.4. The summed E-state index contributed by atoms with van der Waals surface area (Å²) in [5.74, 6) is 2.51. The molecule has 5 nitrogen and oxygen atoms in total. The van der Waals surface area contributed by atoms with Crippen molar-refractivity contribution in [2.75, 3.05) is 27.3 Å². The van der Waals surface area contributed by atoms with E-state index in [2.05, 4.69) is 17.6 Å². The third kappa shape index (κ3) is 5.73. The van der Waals surface area contributed by atoms with Crippen molar-refractivity contribution in [3.8, 4) is 11.5 Å². The van der Waals surface area contributed by atoms with Crippen LogP contribution in [0.15, 0.2) is 48.5 Å². The standard InChI is InChI=1S/C24H32N2O3/c1-17(20-9-6-12-25-16-20)13-23(27)26-24(18-7-4-10-21(14-18)28-2)19-8-5-11-22(15-19)29-3/h4-5,7-8,10-11,14-15,17,20,24-25H,6,9,12-13,16H2,1-3H3,(H,26,27). The Balaban J connectivity index is 1.79. The van der Waals surface area contributed by atoms with Gasteiger partial charge < -0.3 is 20.1 Å². The molecule has 0 radical (unpaired) electrons. The third-order valence-corrected chi connectivity index (χ3v) is 5.81. The molecule has 1 heterocycles. The molecule has 3 rings (SSSR count). The van der Waals surface area contributed by atoms with Gasteiger partial charge in [0.25, 0.3) is 0 Å². The van der Waals surface area contributed by atoms with Gasteiger partial charge in [-0.25, -0.2) is 0 Å². The third-order valence-electron chi connectivity index (χ3n) is 5.81. The molecule has 0 spiro atoms. The van der Waals surface area contributed by atoms with E-state index < -0.39 is 0 Å². The summed E-state index contributed by atoms with van der Waals surface area (Å²) in [6.45, 7) is 4.27. The second-order valence-electron chi connectivity index (χ2n) is 7.84. The fraction of sp³-hybridized carbons (Fsp3) is 0.458. The molecule has 5 heteroatoms. The lowest BCUT2D eigenvalue weighted by Gasteiger charge is -2.29. The van der Waals surface area contributed by atoms with E-state index in [1.807, 2.05) is 48.5 Å². The summed E-state index contributed by atoms with van der Waals surface area (Å²) in [6, 6.07) is 15.4. The Morgan fingerprint density at radius 3 is 2.24 bits per heavy atom. The number of nitrogens with one attached hydrogen (secondary N) is 2. The highest BCUT2D eigenvalue weighted by Gasteiger charge is 2.24. The summed E-state index contributed by atoms with van der Waals surface area (Å²) in [6.07, 6.45) is 2.90. The van der Waals surface area contributed by atoms with Crippen LogP contribution in [0.1, 0.15) is 43.4 Å². The van der Waals surface area contributed by atoms with Crippen LogP contribution in [0.5, 0.6) is 11.5 Å². The molecule has 1 fully saturated rings. The molecule has 1 amide bonds. The van der Waals surface area contributed by atoms with E-state index in [0.29, 0.717) is 18.3 Å². The quantitative estimate of drug-likeness (QED) is 0.710. The summed E-state index contributed by atoms with van der Waals surface area (Å²) >= 11 is 0. The molecule has 2 atom stereocenters. The maximum Gasteiger partial charge on any atom is 0.221 e. The van der Waals surface area contributed by atoms with Gasteiger partial charge in [0.1, 0.15) is 11.5 Å². The highest BCUT2D eigenvalue weighted by Crippen LogP contribution is 2.29. The SMILES string of the molecule is COc1cccc(C(NC(=O)CC(C)C2CCCNC2)c2cccc(OC)c2)c1. The number of rotatable bonds is 8. The van der Waals surface area contributed by atoms with Crippen LogP contribution in [0.2, 0.25) is 0 Å². The van der Waals surface area contributed by atoms with Crippen molar-refractivity contribution in [3.05, 3.63) is 59.7 Å². The van der Waals surface area contributed by atoms with Crippen molar-refractivity contribution >= 4 is 5.91 Å². The molecule has 2 unspecified atom stereocenters. The molecule has 1 saturated heterocycles. The maximum absolute atomic E-state index is 13.0. The van der Waals surface area contributed by atoms with E-state index in [1.165, 1.54) is 12.8 Å². The Bertz CT molecular complexity index is 755. The van der Waals surface area contributed by atoms with E-state index >= 15 is 0 Å². The van der Waals surface area contributed by atoms with Gasteiger partial charge in [0.15, 0.2) is 0 Å². The second kappa shape index (κ2) is 10.3. The van der Waals surface area contributed by atoms with Crippen molar-refractivity contribution in [1.29, 1.82) is 0 Å². The first-order chi connectivity index (χ1) is 14.1. The molecule has 0 bridgehead atoms. The van der Waals surface area contributed by atoms with E-state index in [-0.39, 0.29) is 11.9 Å². The van der Waals surface area contributed by atoms with Gasteiger partial charge in [0.2, 0.25) is 5.91 Å². The first kappa shape index (κ1) is 21.2. The number of piperidine rings is 1. The Morgan fingerprint density at radius 2 is 1.72 bits per heavy atom. The van der Waals surface area contributed by atoms with E-state index in [0.717, 1.165) is 35.7 Å². The summed E-state index contributed by atoms with van der Waals surface area (Å²) in [5.41, 5.74) is 1.97. The minimum absolute atomic E-state index is 0.0683. The van der Waals surface area contributed by atoms with E-state index in [9.17, 15) is 4.79 Å². The molecule has 2 aromatic carbocycles. The molecule has 2 N–H and O–H groups in total. The molecule has 1 aliphatic heterocycles. The Kier molecular flexibility index (Phi) is 7.53. The smallest absolute Gasteiger partial charge is 0.221 e. The summed E-state index contributed by atoms with van der Waals surface area (Å²) in [5, 5.41) is 6.70. The molecule has 2 aromatic rings. The number of benzene rings is 2. The lowest BCUT2D eigenvalue weighted by molar-refractivity contribution is -0.122. The largest absolute Gasteiger partial charge is 0.497 e. The van der Waals surface area contributed by atoms with Crippen molar-refractivity contribution in [2.45, 2.75) is 32.2 Å². The Hall–Kier alpha value is -2.53. The van der Waals surface area contributed by atoms with Gasteiger partial charge in [0.05, 0.1) is 20.3 Å². The van der Waals surface area contributed by atoms with Crippen LogP contribution in [0, 0.1) is 11.8 Å². The lowest BCUT2D eigenvalue weighted by atomic mass is 9.85. The highest BCUT2D eigenvalue weighted by molar-refractivity contribution is 5.77. The summed E-state index contributed by atoms with van der Waals surface area (Å²) in [4.78, 5) is 13.0. The van der Waals surface area contributed by atoms with Gasteiger partial charge in [0, 0.05) is 6.42 Å². The summed E-state index contributed by atoms with van der Waals surface area (Å²) < 4.78 is 10.8. The predicted molar refractivity (Wildman–Crippen MR) is 115 cm³/mol. The Morgan fingerprint density at radius 1 is 1.10 bits per heavy atom. The zero-order valence-electron chi connectivity index (χ0n) is 17.6. The maximum atomic E-state index is 13.0.